The number of fused-ring (bicyclic) bond motifs is 3. The van der Waals surface area contributed by atoms with Crippen LogP contribution in [0, 0.1) is 6.92 Å². The maximum Gasteiger partial charge on any atom is 0.439 e. The zero-order chi connectivity index (χ0) is 27.8. The van der Waals surface area contributed by atoms with Gasteiger partial charge < -0.3 is 9.30 Å². The molecule has 0 spiro atoms. The quantitative estimate of drug-likeness (QED) is 0.289. The molecule has 2 heterocycles. The maximum atomic E-state index is 12.4. The Hall–Kier alpha value is -4.72. The van der Waals surface area contributed by atoms with E-state index in [1.165, 1.54) is 18.2 Å². The van der Waals surface area contributed by atoms with E-state index in [-0.39, 0.29) is 5.97 Å². The Kier molecular flexibility index (Phi) is 6.67. The molecule has 1 N–H and O–H groups in total. The maximum absolute atomic E-state index is 12.4. The topological polar surface area (TPSA) is 103 Å². The van der Waals surface area contributed by atoms with Crippen LogP contribution in [-0.4, -0.2) is 32.8 Å². The largest absolute Gasteiger partial charge is 0.465 e. The van der Waals surface area contributed by atoms with E-state index in [0.717, 1.165) is 70.4 Å². The second-order valence-corrected chi connectivity index (χ2v) is 10.2. The number of esters is 1. The van der Waals surface area contributed by atoms with Gasteiger partial charge in [-0.15, -0.1) is 0 Å². The van der Waals surface area contributed by atoms with E-state index in [2.05, 4.69) is 58.0 Å². The molecule has 6 rings (SSSR count). The molecule has 0 unspecified atom stereocenters. The van der Waals surface area contributed by atoms with Crippen molar-refractivity contribution in [1.82, 2.24) is 19.7 Å². The molecule has 2 aromatic heterocycles. The van der Waals surface area contributed by atoms with Crippen molar-refractivity contribution in [3.63, 3.8) is 0 Å². The van der Waals surface area contributed by atoms with Gasteiger partial charge in [-0.1, -0.05) is 54.5 Å². The summed E-state index contributed by atoms with van der Waals surface area (Å²) in [5.74, 6) is 0.454. The number of rotatable bonds is 6. The smallest absolute Gasteiger partial charge is 0.439 e. The molecule has 5 aromatic rings. The molecular formula is C32H30N4O4. The average molecular weight is 535 g/mol. The van der Waals surface area contributed by atoms with Crippen LogP contribution < -0.4 is 5.76 Å². The zero-order valence-corrected chi connectivity index (χ0v) is 22.8. The van der Waals surface area contributed by atoms with E-state index in [0.29, 0.717) is 17.9 Å². The second-order valence-electron chi connectivity index (χ2n) is 10.2. The average Bonchev–Trinajstić information content (AvgIpc) is 3.49. The Balaban J connectivity index is 1.45. The SMILES string of the molecule is CCCc1nc2c(C)cc(C(=O)OC)cc2n1Cc1ccc2c(c1)CCc1ccccc1/C2=C\c1noc(=O)[nH]1. The van der Waals surface area contributed by atoms with Crippen LogP contribution in [0.1, 0.15) is 68.7 Å². The van der Waals surface area contributed by atoms with E-state index in [1.54, 1.807) is 0 Å². The summed E-state index contributed by atoms with van der Waals surface area (Å²) in [6.07, 6.45) is 5.46. The number of ether oxygens (including phenoxy) is 1. The van der Waals surface area contributed by atoms with Gasteiger partial charge in [0.05, 0.1) is 23.7 Å². The van der Waals surface area contributed by atoms with Crippen LogP contribution in [-0.2, 0) is 30.5 Å². The fraction of sp³-hybridized carbons (Fsp3) is 0.250. The van der Waals surface area contributed by atoms with Crippen molar-refractivity contribution in [3.05, 3.63) is 116 Å². The minimum Gasteiger partial charge on any atom is -0.465 e. The number of aromatic nitrogens is 4. The van der Waals surface area contributed by atoms with Crippen LogP contribution in [0.15, 0.2) is 63.9 Å². The first-order chi connectivity index (χ1) is 19.4. The number of methoxy groups -OCH3 is 1. The molecule has 40 heavy (non-hydrogen) atoms. The summed E-state index contributed by atoms with van der Waals surface area (Å²) in [6.45, 7) is 4.76. The molecule has 3 aromatic carbocycles. The third-order valence-corrected chi connectivity index (χ3v) is 7.53. The van der Waals surface area contributed by atoms with Crippen molar-refractivity contribution in [2.75, 3.05) is 7.11 Å². The predicted molar refractivity (Wildman–Crippen MR) is 153 cm³/mol. The summed E-state index contributed by atoms with van der Waals surface area (Å²) < 4.78 is 12.0. The van der Waals surface area contributed by atoms with E-state index < -0.39 is 5.76 Å². The molecule has 0 bridgehead atoms. The third-order valence-electron chi connectivity index (χ3n) is 7.53. The summed E-state index contributed by atoms with van der Waals surface area (Å²) >= 11 is 0. The highest BCUT2D eigenvalue weighted by Gasteiger charge is 2.21. The Labute approximate surface area is 231 Å². The highest BCUT2D eigenvalue weighted by molar-refractivity contribution is 5.95. The van der Waals surface area contributed by atoms with Gasteiger partial charge in [-0.05, 0) is 83.3 Å². The van der Waals surface area contributed by atoms with Gasteiger partial charge in [0.15, 0.2) is 5.82 Å². The number of carbonyl (C=O) groups is 1. The Morgan fingerprint density at radius 3 is 2.67 bits per heavy atom. The molecule has 0 radical (unpaired) electrons. The van der Waals surface area contributed by atoms with Gasteiger partial charge >= 0.3 is 11.7 Å². The van der Waals surface area contributed by atoms with E-state index in [4.69, 9.17) is 14.2 Å². The van der Waals surface area contributed by atoms with Crippen molar-refractivity contribution in [1.29, 1.82) is 0 Å². The minimum absolute atomic E-state index is 0.354. The number of nitrogens with one attached hydrogen (secondary N) is 1. The summed E-state index contributed by atoms with van der Waals surface area (Å²) in [6, 6.07) is 18.6. The summed E-state index contributed by atoms with van der Waals surface area (Å²) in [5, 5.41) is 3.88. The number of hydrogen-bond acceptors (Lipinski definition) is 6. The number of imidazole rings is 1. The second kappa shape index (κ2) is 10.4. The standard InChI is InChI=1S/C32H30N4O4/c1-4-7-29-34-30-19(2)14-23(31(37)39-3)16-27(30)36(29)18-20-10-13-25-22(15-20)12-11-21-8-5-6-9-24(21)26(25)17-28-33-32(38)40-35-28/h5-6,8-10,13-17H,4,7,11-12,18H2,1-3H3,(H,33,35,38)/b26-17+. The summed E-state index contributed by atoms with van der Waals surface area (Å²) in [4.78, 5) is 31.6. The number of benzene rings is 3. The summed E-state index contributed by atoms with van der Waals surface area (Å²) in [7, 11) is 1.40. The lowest BCUT2D eigenvalue weighted by molar-refractivity contribution is 0.0600. The molecule has 0 atom stereocenters. The monoisotopic (exact) mass is 534 g/mol. The first-order valence-corrected chi connectivity index (χ1v) is 13.5. The van der Waals surface area contributed by atoms with Gasteiger partial charge in [0.1, 0.15) is 5.82 Å². The fourth-order valence-corrected chi connectivity index (χ4v) is 5.68. The van der Waals surface area contributed by atoms with Crippen LogP contribution in [0.3, 0.4) is 0 Å². The fourth-order valence-electron chi connectivity index (χ4n) is 5.68. The normalized spacial score (nSPS) is 13.7. The lowest BCUT2D eigenvalue weighted by Crippen LogP contribution is -2.07. The van der Waals surface area contributed by atoms with Gasteiger partial charge in [-0.3, -0.25) is 9.51 Å². The Morgan fingerprint density at radius 2 is 1.90 bits per heavy atom. The molecular weight excluding hydrogens is 504 g/mol. The van der Waals surface area contributed by atoms with Gasteiger partial charge in [0.2, 0.25) is 0 Å². The molecule has 202 valence electrons. The minimum atomic E-state index is -0.578. The van der Waals surface area contributed by atoms with Crippen LogP contribution >= 0.6 is 0 Å². The molecule has 8 nitrogen and oxygen atoms in total. The number of hydrogen-bond donors (Lipinski definition) is 1. The number of aryl methyl sites for hydroxylation is 4. The Bertz CT molecular complexity index is 1840. The molecule has 0 aliphatic heterocycles. The number of H-pyrrole nitrogens is 1. The molecule has 0 saturated carbocycles. The predicted octanol–water partition coefficient (Wildman–Crippen LogP) is 5.50. The van der Waals surface area contributed by atoms with Crippen molar-refractivity contribution in [2.24, 2.45) is 0 Å². The first-order valence-electron chi connectivity index (χ1n) is 13.5. The molecule has 0 amide bonds. The lowest BCUT2D eigenvalue weighted by atomic mass is 9.92. The highest BCUT2D eigenvalue weighted by Crippen LogP contribution is 2.35. The van der Waals surface area contributed by atoms with Crippen molar-refractivity contribution < 1.29 is 14.1 Å². The third kappa shape index (κ3) is 4.66. The first kappa shape index (κ1) is 25.6. The van der Waals surface area contributed by atoms with Crippen molar-refractivity contribution >= 4 is 28.7 Å². The zero-order valence-electron chi connectivity index (χ0n) is 22.8. The van der Waals surface area contributed by atoms with Crippen LogP contribution in [0.2, 0.25) is 0 Å². The van der Waals surface area contributed by atoms with Crippen molar-refractivity contribution in [2.45, 2.75) is 46.1 Å². The number of carbonyl (C=O) groups excluding carboxylic acids is 1. The van der Waals surface area contributed by atoms with Crippen molar-refractivity contribution in [3.8, 4) is 0 Å². The van der Waals surface area contributed by atoms with E-state index in [1.807, 2.05) is 31.2 Å². The number of nitrogens with zero attached hydrogens (tertiary/aromatic N) is 3. The molecule has 1 aliphatic carbocycles. The van der Waals surface area contributed by atoms with Gasteiger partial charge in [-0.25, -0.2) is 14.6 Å². The van der Waals surface area contributed by atoms with Gasteiger partial charge in [-0.2, -0.15) is 0 Å². The lowest BCUT2D eigenvalue weighted by Gasteiger charge is -2.15. The van der Waals surface area contributed by atoms with E-state index in [9.17, 15) is 9.59 Å². The number of aromatic amines is 1. The van der Waals surface area contributed by atoms with Crippen LogP contribution in [0.4, 0.5) is 0 Å². The van der Waals surface area contributed by atoms with Crippen LogP contribution in [0.25, 0.3) is 22.7 Å². The van der Waals surface area contributed by atoms with Crippen LogP contribution in [0.5, 0.6) is 0 Å². The molecule has 0 fully saturated rings. The molecule has 1 aliphatic rings. The van der Waals surface area contributed by atoms with E-state index >= 15 is 0 Å². The molecule has 8 heteroatoms. The Morgan fingerprint density at radius 1 is 1.10 bits per heavy atom. The molecule has 0 saturated heterocycles. The summed E-state index contributed by atoms with van der Waals surface area (Å²) in [5.41, 5.74) is 10.2. The van der Waals surface area contributed by atoms with Gasteiger partial charge in [0.25, 0.3) is 0 Å². The van der Waals surface area contributed by atoms with Gasteiger partial charge in [0, 0.05) is 13.0 Å². The highest BCUT2D eigenvalue weighted by atomic mass is 16.5.